The molecule has 1 aliphatic rings. The molecule has 0 aliphatic carbocycles. The number of H-pyrrole nitrogens is 1. The van der Waals surface area contributed by atoms with Gasteiger partial charge in [-0.05, 0) is 73.7 Å². The molecule has 1 aliphatic heterocycles. The molecule has 1 N–H and O–H groups in total. The third kappa shape index (κ3) is 4.54. The molecule has 0 spiro atoms. The van der Waals surface area contributed by atoms with E-state index in [1.807, 2.05) is 39.0 Å². The maximum Gasteiger partial charge on any atom is 0.252 e. The van der Waals surface area contributed by atoms with Crippen LogP contribution in [0.15, 0.2) is 70.4 Å². The minimum atomic E-state index is -3.91. The first-order valence-electron chi connectivity index (χ1n) is 11.3. The summed E-state index contributed by atoms with van der Waals surface area (Å²) in [4.78, 5) is 16.1. The smallest absolute Gasteiger partial charge is 0.252 e. The monoisotopic (exact) mass is 490 g/mol. The maximum absolute atomic E-state index is 13.7. The summed E-state index contributed by atoms with van der Waals surface area (Å²) < 4.78 is 39.6. The van der Waals surface area contributed by atoms with Gasteiger partial charge in [0.25, 0.3) is 5.56 Å². The van der Waals surface area contributed by atoms with Gasteiger partial charge in [-0.1, -0.05) is 35.4 Å². The molecule has 0 amide bonds. The lowest BCUT2D eigenvalue weighted by Crippen LogP contribution is -2.32. The van der Waals surface area contributed by atoms with Crippen LogP contribution < -0.4 is 15.0 Å². The van der Waals surface area contributed by atoms with Crippen LogP contribution in [0.5, 0.6) is 11.5 Å². The number of benzene rings is 3. The van der Waals surface area contributed by atoms with E-state index >= 15 is 0 Å². The van der Waals surface area contributed by atoms with Crippen LogP contribution in [-0.2, 0) is 23.1 Å². The summed E-state index contributed by atoms with van der Waals surface area (Å²) >= 11 is 0. The van der Waals surface area contributed by atoms with Crippen molar-refractivity contribution < 1.29 is 17.9 Å². The highest BCUT2D eigenvalue weighted by Crippen LogP contribution is 2.33. The highest BCUT2D eigenvalue weighted by molar-refractivity contribution is 7.89. The third-order valence-corrected chi connectivity index (χ3v) is 7.98. The zero-order chi connectivity index (χ0) is 24.7. The minimum Gasteiger partial charge on any atom is -0.454 e. The van der Waals surface area contributed by atoms with Crippen molar-refractivity contribution in [2.45, 2.75) is 38.8 Å². The van der Waals surface area contributed by atoms with Crippen LogP contribution in [0.1, 0.15) is 27.8 Å². The summed E-state index contributed by atoms with van der Waals surface area (Å²) in [6.45, 7) is 5.96. The Bertz CT molecular complexity index is 1590. The number of aryl methyl sites for hydroxylation is 3. The molecule has 1 aromatic heterocycles. The number of ether oxygens (including phenoxy) is 2. The van der Waals surface area contributed by atoms with Crippen LogP contribution in [0.3, 0.4) is 0 Å². The van der Waals surface area contributed by atoms with Crippen molar-refractivity contribution >= 4 is 20.9 Å². The van der Waals surface area contributed by atoms with Crippen molar-refractivity contribution in [2.24, 2.45) is 0 Å². The van der Waals surface area contributed by atoms with Gasteiger partial charge in [-0.2, -0.15) is 4.31 Å². The molecule has 0 unspecified atom stereocenters. The van der Waals surface area contributed by atoms with E-state index in [0.29, 0.717) is 17.1 Å². The van der Waals surface area contributed by atoms with Crippen LogP contribution in [0.25, 0.3) is 10.9 Å². The molecule has 0 radical (unpaired) electrons. The first-order valence-corrected chi connectivity index (χ1v) is 12.7. The Labute approximate surface area is 204 Å². The number of aromatic nitrogens is 1. The largest absolute Gasteiger partial charge is 0.454 e. The molecular formula is C27H26N2O5S. The van der Waals surface area contributed by atoms with E-state index in [1.165, 1.54) is 4.31 Å². The molecule has 2 heterocycles. The predicted octanol–water partition coefficient (Wildman–Crippen LogP) is 4.57. The Kier molecular flexibility index (Phi) is 5.86. The van der Waals surface area contributed by atoms with Gasteiger partial charge in [-0.15, -0.1) is 0 Å². The third-order valence-electron chi connectivity index (χ3n) is 6.17. The topological polar surface area (TPSA) is 88.7 Å². The number of sulfonamides is 1. The second-order valence-corrected chi connectivity index (χ2v) is 10.9. The first-order chi connectivity index (χ1) is 16.7. The molecule has 35 heavy (non-hydrogen) atoms. The number of aromatic amines is 1. The molecule has 4 aromatic rings. The molecule has 0 atom stereocenters. The summed E-state index contributed by atoms with van der Waals surface area (Å²) in [6.07, 6.45) is 0. The Morgan fingerprint density at radius 2 is 1.60 bits per heavy atom. The molecule has 5 rings (SSSR count). The lowest BCUT2D eigenvalue weighted by atomic mass is 10.1. The van der Waals surface area contributed by atoms with Crippen molar-refractivity contribution in [3.05, 3.63) is 98.8 Å². The van der Waals surface area contributed by atoms with Gasteiger partial charge in [0.15, 0.2) is 11.5 Å². The number of pyridine rings is 1. The Hall–Kier alpha value is -3.62. The summed E-state index contributed by atoms with van der Waals surface area (Å²) in [5.41, 5.74) is 4.55. The lowest BCUT2D eigenvalue weighted by molar-refractivity contribution is 0.174. The standard InChI is InChI=1S/C27H26N2O5S/c1-17-4-7-23(8-5-17)35(31,32)29(14-20-6-9-24-25(12-20)34-16-33-24)15-22-13-21-11-18(2)10-19(3)26(21)28-27(22)30/h4-13H,14-16H2,1-3H3,(H,28,30). The fraction of sp³-hybridized carbons (Fsp3) is 0.222. The van der Waals surface area contributed by atoms with Gasteiger partial charge in [0.1, 0.15) is 0 Å². The van der Waals surface area contributed by atoms with E-state index in [2.05, 4.69) is 4.98 Å². The number of hydrogen-bond donors (Lipinski definition) is 1. The van der Waals surface area contributed by atoms with E-state index in [9.17, 15) is 13.2 Å². The summed E-state index contributed by atoms with van der Waals surface area (Å²) in [5, 5.41) is 0.868. The molecular weight excluding hydrogens is 464 g/mol. The fourth-order valence-corrected chi connectivity index (χ4v) is 5.77. The molecule has 7 nitrogen and oxygen atoms in total. The van der Waals surface area contributed by atoms with Gasteiger partial charge in [0, 0.05) is 18.7 Å². The van der Waals surface area contributed by atoms with Crippen LogP contribution in [0.2, 0.25) is 0 Å². The Morgan fingerprint density at radius 1 is 0.857 bits per heavy atom. The normalized spacial score (nSPS) is 13.0. The van der Waals surface area contributed by atoms with Gasteiger partial charge in [-0.3, -0.25) is 4.79 Å². The highest BCUT2D eigenvalue weighted by Gasteiger charge is 2.27. The van der Waals surface area contributed by atoms with Crippen molar-refractivity contribution in [1.29, 1.82) is 0 Å². The summed E-state index contributed by atoms with van der Waals surface area (Å²) in [6, 6.07) is 17.8. The van der Waals surface area contributed by atoms with E-state index in [-0.39, 0.29) is 30.3 Å². The predicted molar refractivity (Wildman–Crippen MR) is 134 cm³/mol. The zero-order valence-corrected chi connectivity index (χ0v) is 20.6. The molecule has 0 fully saturated rings. The maximum atomic E-state index is 13.7. The molecule has 180 valence electrons. The minimum absolute atomic E-state index is 0.0666. The number of hydrogen-bond acceptors (Lipinski definition) is 5. The molecule has 8 heteroatoms. The SMILES string of the molecule is Cc1ccc(S(=O)(=O)N(Cc2ccc3c(c2)OCO3)Cc2cc3cc(C)cc(C)c3[nH]c2=O)cc1. The van der Waals surface area contributed by atoms with E-state index in [4.69, 9.17) is 9.47 Å². The average Bonchev–Trinajstić information content (AvgIpc) is 3.28. The van der Waals surface area contributed by atoms with Gasteiger partial charge >= 0.3 is 0 Å². The molecule has 0 saturated heterocycles. The van der Waals surface area contributed by atoms with E-state index < -0.39 is 10.0 Å². The van der Waals surface area contributed by atoms with Crippen molar-refractivity contribution in [3.63, 3.8) is 0 Å². The van der Waals surface area contributed by atoms with Gasteiger partial charge in [0.05, 0.1) is 10.4 Å². The van der Waals surface area contributed by atoms with Crippen LogP contribution in [0, 0.1) is 20.8 Å². The number of nitrogens with one attached hydrogen (secondary N) is 1. The Morgan fingerprint density at radius 3 is 2.37 bits per heavy atom. The van der Waals surface area contributed by atoms with Gasteiger partial charge in [-0.25, -0.2) is 8.42 Å². The van der Waals surface area contributed by atoms with Gasteiger partial charge < -0.3 is 14.5 Å². The van der Waals surface area contributed by atoms with Crippen LogP contribution in [-0.4, -0.2) is 24.5 Å². The van der Waals surface area contributed by atoms with Crippen LogP contribution in [0.4, 0.5) is 0 Å². The van der Waals surface area contributed by atoms with Crippen molar-refractivity contribution in [3.8, 4) is 11.5 Å². The van der Waals surface area contributed by atoms with E-state index in [0.717, 1.165) is 33.2 Å². The van der Waals surface area contributed by atoms with Crippen molar-refractivity contribution in [2.75, 3.05) is 6.79 Å². The first kappa shape index (κ1) is 23.1. The highest BCUT2D eigenvalue weighted by atomic mass is 32.2. The Balaban J connectivity index is 1.57. The number of nitrogens with zero attached hydrogens (tertiary/aromatic N) is 1. The van der Waals surface area contributed by atoms with E-state index in [1.54, 1.807) is 42.5 Å². The number of rotatable bonds is 6. The second-order valence-electron chi connectivity index (χ2n) is 8.94. The van der Waals surface area contributed by atoms with Crippen molar-refractivity contribution in [1.82, 2.24) is 9.29 Å². The quantitative estimate of drug-likeness (QED) is 0.428. The zero-order valence-electron chi connectivity index (χ0n) is 19.8. The molecule has 0 bridgehead atoms. The second kappa shape index (κ2) is 8.87. The average molecular weight is 491 g/mol. The molecule has 0 saturated carbocycles. The lowest BCUT2D eigenvalue weighted by Gasteiger charge is -2.23. The fourth-order valence-electron chi connectivity index (χ4n) is 4.37. The van der Waals surface area contributed by atoms with Gasteiger partial charge in [0.2, 0.25) is 16.8 Å². The molecule has 3 aromatic carbocycles. The summed E-state index contributed by atoms with van der Waals surface area (Å²) in [5.74, 6) is 1.20. The van der Waals surface area contributed by atoms with Crippen LogP contribution >= 0.6 is 0 Å². The number of fused-ring (bicyclic) bond motifs is 2. The summed E-state index contributed by atoms with van der Waals surface area (Å²) in [7, 11) is -3.91.